The predicted octanol–water partition coefficient (Wildman–Crippen LogP) is 2.14. The predicted molar refractivity (Wildman–Crippen MR) is 72.2 cm³/mol. The van der Waals surface area contributed by atoms with E-state index in [4.69, 9.17) is 0 Å². The van der Waals surface area contributed by atoms with Crippen LogP contribution in [0, 0.1) is 17.6 Å². The molecule has 3 N–H and O–H groups in total. The van der Waals surface area contributed by atoms with Crippen molar-refractivity contribution in [1.29, 1.82) is 0 Å². The fourth-order valence-electron chi connectivity index (χ4n) is 2.80. The maximum Gasteiger partial charge on any atom is 0.131 e. The molecule has 2 rings (SSSR count). The first kappa shape index (κ1) is 15.4. The van der Waals surface area contributed by atoms with Crippen LogP contribution in [0.2, 0.25) is 0 Å². The van der Waals surface area contributed by atoms with Crippen LogP contribution >= 0.6 is 0 Å². The normalized spacial score (nSPS) is 24.6. The van der Waals surface area contributed by atoms with Gasteiger partial charge in [0.1, 0.15) is 11.6 Å². The summed E-state index contributed by atoms with van der Waals surface area (Å²) in [5.74, 6) is -1.10. The molecule has 0 amide bonds. The van der Waals surface area contributed by atoms with Crippen LogP contribution in [0.25, 0.3) is 0 Å². The van der Waals surface area contributed by atoms with Crippen LogP contribution in [0.1, 0.15) is 37.4 Å². The van der Waals surface area contributed by atoms with E-state index in [9.17, 15) is 19.0 Å². The van der Waals surface area contributed by atoms with Crippen LogP contribution in [-0.4, -0.2) is 29.4 Å². The SMILES string of the molecule is OC1CCCC(CNCC(O)c2c(F)cccc2F)C1. The van der Waals surface area contributed by atoms with Crippen molar-refractivity contribution in [2.45, 2.75) is 37.9 Å². The van der Waals surface area contributed by atoms with Crippen LogP contribution in [0.3, 0.4) is 0 Å². The Labute approximate surface area is 117 Å². The lowest BCUT2D eigenvalue weighted by molar-refractivity contribution is 0.0980. The van der Waals surface area contributed by atoms with E-state index in [-0.39, 0.29) is 18.2 Å². The first-order valence-corrected chi connectivity index (χ1v) is 7.08. The topological polar surface area (TPSA) is 52.5 Å². The van der Waals surface area contributed by atoms with Crippen LogP contribution in [0.15, 0.2) is 18.2 Å². The van der Waals surface area contributed by atoms with Gasteiger partial charge in [0.25, 0.3) is 0 Å². The highest BCUT2D eigenvalue weighted by Gasteiger charge is 2.21. The third-order valence-corrected chi connectivity index (χ3v) is 3.86. The lowest BCUT2D eigenvalue weighted by atomic mass is 9.87. The van der Waals surface area contributed by atoms with Gasteiger partial charge >= 0.3 is 0 Å². The van der Waals surface area contributed by atoms with E-state index in [1.165, 1.54) is 6.07 Å². The summed E-state index contributed by atoms with van der Waals surface area (Å²) in [7, 11) is 0. The molecule has 0 bridgehead atoms. The van der Waals surface area contributed by atoms with Crippen LogP contribution < -0.4 is 5.32 Å². The molecular formula is C15H21F2NO2. The van der Waals surface area contributed by atoms with Gasteiger partial charge in [-0.3, -0.25) is 0 Å². The third kappa shape index (κ3) is 3.98. The first-order valence-electron chi connectivity index (χ1n) is 7.08. The van der Waals surface area contributed by atoms with Gasteiger partial charge in [-0.25, -0.2) is 8.78 Å². The fraction of sp³-hybridized carbons (Fsp3) is 0.600. The molecule has 1 aromatic rings. The fourth-order valence-corrected chi connectivity index (χ4v) is 2.80. The number of hydrogen-bond acceptors (Lipinski definition) is 3. The molecule has 1 aliphatic carbocycles. The van der Waals surface area contributed by atoms with E-state index < -0.39 is 17.7 Å². The minimum Gasteiger partial charge on any atom is -0.393 e. The molecule has 1 saturated carbocycles. The molecule has 0 radical (unpaired) electrons. The second-order valence-electron chi connectivity index (χ2n) is 5.50. The maximum atomic E-state index is 13.5. The number of rotatable bonds is 5. The zero-order chi connectivity index (χ0) is 14.5. The van der Waals surface area contributed by atoms with Gasteiger partial charge in [0, 0.05) is 6.54 Å². The van der Waals surface area contributed by atoms with Gasteiger partial charge in [0.2, 0.25) is 0 Å². The molecule has 5 heteroatoms. The molecule has 0 spiro atoms. The van der Waals surface area contributed by atoms with Crippen molar-refractivity contribution in [2.24, 2.45) is 5.92 Å². The summed E-state index contributed by atoms with van der Waals surface area (Å²) >= 11 is 0. The van der Waals surface area contributed by atoms with Crippen molar-refractivity contribution in [3.8, 4) is 0 Å². The Morgan fingerprint density at radius 3 is 2.60 bits per heavy atom. The van der Waals surface area contributed by atoms with Crippen molar-refractivity contribution in [3.63, 3.8) is 0 Å². The Kier molecular flexibility index (Phi) is 5.46. The molecule has 112 valence electrons. The van der Waals surface area contributed by atoms with Gasteiger partial charge < -0.3 is 15.5 Å². The number of benzene rings is 1. The third-order valence-electron chi connectivity index (χ3n) is 3.86. The Morgan fingerprint density at radius 2 is 1.95 bits per heavy atom. The summed E-state index contributed by atoms with van der Waals surface area (Å²) in [4.78, 5) is 0. The van der Waals surface area contributed by atoms with Crippen LogP contribution in [0.4, 0.5) is 8.78 Å². The van der Waals surface area contributed by atoms with E-state index in [0.29, 0.717) is 12.5 Å². The monoisotopic (exact) mass is 285 g/mol. The lowest BCUT2D eigenvalue weighted by Crippen LogP contribution is -2.31. The molecule has 1 fully saturated rings. The molecule has 3 nitrogen and oxygen atoms in total. The molecule has 20 heavy (non-hydrogen) atoms. The lowest BCUT2D eigenvalue weighted by Gasteiger charge is -2.26. The average molecular weight is 285 g/mol. The number of hydrogen-bond donors (Lipinski definition) is 3. The Hall–Kier alpha value is -1.04. The quantitative estimate of drug-likeness (QED) is 0.777. The van der Waals surface area contributed by atoms with Gasteiger partial charge in [0.15, 0.2) is 0 Å². The number of aliphatic hydroxyl groups excluding tert-OH is 2. The summed E-state index contributed by atoms with van der Waals surface area (Å²) in [6.07, 6.45) is 2.18. The van der Waals surface area contributed by atoms with E-state index in [2.05, 4.69) is 5.32 Å². The molecular weight excluding hydrogens is 264 g/mol. The second-order valence-corrected chi connectivity index (χ2v) is 5.50. The van der Waals surface area contributed by atoms with Crippen molar-refractivity contribution in [3.05, 3.63) is 35.4 Å². The second kappa shape index (κ2) is 7.11. The minimum atomic E-state index is -1.20. The summed E-state index contributed by atoms with van der Waals surface area (Å²) < 4.78 is 26.9. The van der Waals surface area contributed by atoms with E-state index in [1.54, 1.807) is 0 Å². The highest BCUT2D eigenvalue weighted by Crippen LogP contribution is 2.24. The molecule has 1 aliphatic rings. The van der Waals surface area contributed by atoms with Crippen LogP contribution in [-0.2, 0) is 0 Å². The summed E-state index contributed by atoms with van der Waals surface area (Å²) in [5.41, 5.74) is -0.288. The first-order chi connectivity index (χ1) is 9.58. The molecule has 0 heterocycles. The molecule has 3 unspecified atom stereocenters. The highest BCUT2D eigenvalue weighted by atomic mass is 19.1. The van der Waals surface area contributed by atoms with Crippen molar-refractivity contribution in [1.82, 2.24) is 5.32 Å². The van der Waals surface area contributed by atoms with Gasteiger partial charge in [-0.2, -0.15) is 0 Å². The molecule has 0 aromatic heterocycles. The number of halogens is 2. The zero-order valence-electron chi connectivity index (χ0n) is 11.4. The number of nitrogens with one attached hydrogen (secondary N) is 1. The average Bonchev–Trinajstić information content (AvgIpc) is 2.38. The van der Waals surface area contributed by atoms with E-state index in [1.807, 2.05) is 0 Å². The Bertz CT molecular complexity index is 422. The zero-order valence-corrected chi connectivity index (χ0v) is 11.4. The molecule has 0 aliphatic heterocycles. The van der Waals surface area contributed by atoms with E-state index >= 15 is 0 Å². The summed E-state index contributed by atoms with van der Waals surface area (Å²) in [6.45, 7) is 0.745. The maximum absolute atomic E-state index is 13.5. The molecule has 0 saturated heterocycles. The highest BCUT2D eigenvalue weighted by molar-refractivity contribution is 5.22. The standard InChI is InChI=1S/C15H21F2NO2/c16-12-5-2-6-13(17)15(12)14(20)9-18-8-10-3-1-4-11(19)7-10/h2,5-6,10-11,14,18-20H,1,3-4,7-9H2. The number of aliphatic hydroxyl groups is 2. The van der Waals surface area contributed by atoms with Gasteiger partial charge in [-0.1, -0.05) is 12.5 Å². The Morgan fingerprint density at radius 1 is 1.25 bits per heavy atom. The smallest absolute Gasteiger partial charge is 0.131 e. The molecule has 3 atom stereocenters. The van der Waals surface area contributed by atoms with Gasteiger partial charge in [0.05, 0.1) is 17.8 Å². The molecule has 1 aromatic carbocycles. The van der Waals surface area contributed by atoms with Gasteiger partial charge in [-0.15, -0.1) is 0 Å². The van der Waals surface area contributed by atoms with E-state index in [0.717, 1.165) is 37.8 Å². The summed E-state index contributed by atoms with van der Waals surface area (Å²) in [5, 5.41) is 22.5. The summed E-state index contributed by atoms with van der Waals surface area (Å²) in [6, 6.07) is 3.55. The van der Waals surface area contributed by atoms with Crippen molar-refractivity contribution in [2.75, 3.05) is 13.1 Å². The largest absolute Gasteiger partial charge is 0.393 e. The Balaban J connectivity index is 1.82. The van der Waals surface area contributed by atoms with Crippen LogP contribution in [0.5, 0.6) is 0 Å². The minimum absolute atomic E-state index is 0.102. The van der Waals surface area contributed by atoms with Gasteiger partial charge in [-0.05, 0) is 43.9 Å². The van der Waals surface area contributed by atoms with Crippen molar-refractivity contribution < 1.29 is 19.0 Å². The van der Waals surface area contributed by atoms with Crippen molar-refractivity contribution >= 4 is 0 Å².